The maximum Gasteiger partial charge on any atom is 0.254 e. The van der Waals surface area contributed by atoms with Crippen molar-refractivity contribution in [1.82, 2.24) is 14.5 Å². The molecular weight excluding hydrogens is 338 g/mol. The minimum Gasteiger partial charge on any atom is -0.333 e. The number of carbonyl (C=O) groups is 1. The fourth-order valence-corrected chi connectivity index (χ4v) is 5.41. The number of nitrogens with zero attached hydrogens (tertiary/aromatic N) is 2. The summed E-state index contributed by atoms with van der Waals surface area (Å²) in [6, 6.07) is 6.61. The van der Waals surface area contributed by atoms with Crippen LogP contribution in [0.5, 0.6) is 0 Å². The zero-order valence-corrected chi connectivity index (χ0v) is 15.8. The molecule has 0 spiro atoms. The van der Waals surface area contributed by atoms with Crippen molar-refractivity contribution in [3.8, 4) is 0 Å². The van der Waals surface area contributed by atoms with E-state index < -0.39 is 10.0 Å². The van der Waals surface area contributed by atoms with Gasteiger partial charge in [-0.05, 0) is 44.9 Å². The zero-order valence-electron chi connectivity index (χ0n) is 14.9. The van der Waals surface area contributed by atoms with Gasteiger partial charge in [-0.25, -0.2) is 8.42 Å². The zero-order chi connectivity index (χ0) is 18.0. The van der Waals surface area contributed by atoms with E-state index in [1.165, 1.54) is 6.07 Å². The molecule has 2 saturated heterocycles. The Morgan fingerprint density at radius 2 is 1.96 bits per heavy atom. The van der Waals surface area contributed by atoms with Crippen LogP contribution in [0, 0.1) is 0 Å². The monoisotopic (exact) mass is 365 g/mol. The minimum atomic E-state index is -3.56. The van der Waals surface area contributed by atoms with Gasteiger partial charge in [0.2, 0.25) is 10.0 Å². The van der Waals surface area contributed by atoms with Crippen LogP contribution in [0.1, 0.15) is 43.5 Å². The molecule has 1 unspecified atom stereocenters. The SMILES string of the molecule is CC1CCCCN1S(=O)(=O)c1cccc(C(=O)N2CCNC[C@H]2C)c1. The lowest BCUT2D eigenvalue weighted by Crippen LogP contribution is -2.52. The highest BCUT2D eigenvalue weighted by atomic mass is 32.2. The first kappa shape index (κ1) is 18.4. The van der Waals surface area contributed by atoms with Crippen molar-refractivity contribution in [3.05, 3.63) is 29.8 Å². The number of hydrogen-bond acceptors (Lipinski definition) is 4. The number of piperidine rings is 1. The van der Waals surface area contributed by atoms with Crippen LogP contribution in [-0.4, -0.2) is 61.8 Å². The van der Waals surface area contributed by atoms with Crippen LogP contribution < -0.4 is 5.32 Å². The van der Waals surface area contributed by atoms with Crippen molar-refractivity contribution in [2.24, 2.45) is 0 Å². The first-order chi connectivity index (χ1) is 11.9. The molecule has 3 rings (SSSR count). The summed E-state index contributed by atoms with van der Waals surface area (Å²) >= 11 is 0. The van der Waals surface area contributed by atoms with Gasteiger partial charge in [0.05, 0.1) is 4.90 Å². The summed E-state index contributed by atoms with van der Waals surface area (Å²) in [6.45, 7) is 6.67. The number of piperazine rings is 1. The predicted molar refractivity (Wildman–Crippen MR) is 97.0 cm³/mol. The van der Waals surface area contributed by atoms with E-state index in [-0.39, 0.29) is 22.9 Å². The van der Waals surface area contributed by atoms with Crippen molar-refractivity contribution in [1.29, 1.82) is 0 Å². The fraction of sp³-hybridized carbons (Fsp3) is 0.611. The maximum atomic E-state index is 13.0. The smallest absolute Gasteiger partial charge is 0.254 e. The lowest BCUT2D eigenvalue weighted by molar-refractivity contribution is 0.0655. The number of carbonyl (C=O) groups excluding carboxylic acids is 1. The van der Waals surface area contributed by atoms with Gasteiger partial charge >= 0.3 is 0 Å². The van der Waals surface area contributed by atoms with E-state index >= 15 is 0 Å². The molecule has 1 N–H and O–H groups in total. The third-order valence-corrected chi connectivity index (χ3v) is 7.20. The summed E-state index contributed by atoms with van der Waals surface area (Å²) in [5.41, 5.74) is 0.444. The third-order valence-electron chi connectivity index (χ3n) is 5.19. The Bertz CT molecular complexity index is 735. The van der Waals surface area contributed by atoms with Gasteiger partial charge in [-0.2, -0.15) is 4.31 Å². The number of amides is 1. The van der Waals surface area contributed by atoms with Gasteiger partial charge in [-0.3, -0.25) is 4.79 Å². The van der Waals surface area contributed by atoms with Crippen LogP contribution in [0.4, 0.5) is 0 Å². The van der Waals surface area contributed by atoms with Crippen LogP contribution in [-0.2, 0) is 10.0 Å². The lowest BCUT2D eigenvalue weighted by Gasteiger charge is -2.34. The molecule has 138 valence electrons. The van der Waals surface area contributed by atoms with E-state index in [4.69, 9.17) is 0 Å². The standard InChI is InChI=1S/C18H27N3O3S/c1-14-6-3-4-10-21(14)25(23,24)17-8-5-7-16(12-17)18(22)20-11-9-19-13-15(20)2/h5,7-8,12,14-15,19H,3-4,6,9-11,13H2,1-2H3/t14?,15-/m1/s1. The average molecular weight is 365 g/mol. The summed E-state index contributed by atoms with van der Waals surface area (Å²) in [5, 5.41) is 3.26. The van der Waals surface area contributed by atoms with E-state index in [0.29, 0.717) is 18.7 Å². The van der Waals surface area contributed by atoms with Gasteiger partial charge in [-0.15, -0.1) is 0 Å². The van der Waals surface area contributed by atoms with E-state index in [9.17, 15) is 13.2 Å². The molecule has 2 fully saturated rings. The quantitative estimate of drug-likeness (QED) is 0.885. The van der Waals surface area contributed by atoms with E-state index in [1.54, 1.807) is 22.5 Å². The Labute approximate surface area is 150 Å². The number of benzene rings is 1. The summed E-state index contributed by atoms with van der Waals surface area (Å²) in [6.07, 6.45) is 2.84. The number of hydrogen-bond donors (Lipinski definition) is 1. The summed E-state index contributed by atoms with van der Waals surface area (Å²) in [7, 11) is -3.56. The molecule has 0 radical (unpaired) electrons. The highest BCUT2D eigenvalue weighted by Crippen LogP contribution is 2.26. The first-order valence-electron chi connectivity index (χ1n) is 9.05. The number of sulfonamides is 1. The summed E-state index contributed by atoms with van der Waals surface area (Å²) in [4.78, 5) is 14.8. The van der Waals surface area contributed by atoms with Crippen molar-refractivity contribution in [2.45, 2.75) is 50.1 Å². The Hall–Kier alpha value is -1.44. The van der Waals surface area contributed by atoms with Gasteiger partial charge in [-0.1, -0.05) is 12.5 Å². The van der Waals surface area contributed by atoms with Crippen molar-refractivity contribution in [3.63, 3.8) is 0 Å². The van der Waals surface area contributed by atoms with Gasteiger partial charge in [0.25, 0.3) is 5.91 Å². The Balaban J connectivity index is 1.87. The summed E-state index contributed by atoms with van der Waals surface area (Å²) in [5.74, 6) is -0.0993. The molecule has 6 nitrogen and oxygen atoms in total. The highest BCUT2D eigenvalue weighted by molar-refractivity contribution is 7.89. The molecule has 1 amide bonds. The number of rotatable bonds is 3. The van der Waals surface area contributed by atoms with Gasteiger partial charge in [0.1, 0.15) is 0 Å². The van der Waals surface area contributed by atoms with Crippen LogP contribution in [0.15, 0.2) is 29.2 Å². The van der Waals surface area contributed by atoms with E-state index in [2.05, 4.69) is 5.32 Å². The second-order valence-electron chi connectivity index (χ2n) is 7.04. The van der Waals surface area contributed by atoms with Crippen molar-refractivity contribution >= 4 is 15.9 Å². The molecule has 0 bridgehead atoms. The predicted octanol–water partition coefficient (Wildman–Crippen LogP) is 1.68. The lowest BCUT2D eigenvalue weighted by atomic mass is 10.1. The number of nitrogens with one attached hydrogen (secondary N) is 1. The maximum absolute atomic E-state index is 13.0. The average Bonchev–Trinajstić information content (AvgIpc) is 2.62. The summed E-state index contributed by atoms with van der Waals surface area (Å²) < 4.78 is 27.6. The second-order valence-corrected chi connectivity index (χ2v) is 8.93. The fourth-order valence-electron chi connectivity index (χ4n) is 3.66. The van der Waals surface area contributed by atoms with Crippen molar-refractivity contribution < 1.29 is 13.2 Å². The molecule has 0 aromatic heterocycles. The van der Waals surface area contributed by atoms with E-state index in [0.717, 1.165) is 32.4 Å². The molecule has 2 aliphatic heterocycles. The normalized spacial score (nSPS) is 25.8. The molecule has 0 aliphatic carbocycles. The van der Waals surface area contributed by atoms with Crippen LogP contribution in [0.25, 0.3) is 0 Å². The van der Waals surface area contributed by atoms with Crippen molar-refractivity contribution in [2.75, 3.05) is 26.2 Å². The highest BCUT2D eigenvalue weighted by Gasteiger charge is 2.32. The molecule has 0 saturated carbocycles. The Morgan fingerprint density at radius 1 is 1.16 bits per heavy atom. The van der Waals surface area contributed by atoms with Crippen LogP contribution >= 0.6 is 0 Å². The Morgan fingerprint density at radius 3 is 2.68 bits per heavy atom. The van der Waals surface area contributed by atoms with Gasteiger partial charge in [0.15, 0.2) is 0 Å². The topological polar surface area (TPSA) is 69.7 Å². The molecule has 2 atom stereocenters. The first-order valence-corrected chi connectivity index (χ1v) is 10.5. The molecule has 1 aromatic carbocycles. The van der Waals surface area contributed by atoms with Crippen LogP contribution in [0.2, 0.25) is 0 Å². The van der Waals surface area contributed by atoms with E-state index in [1.807, 2.05) is 18.7 Å². The molecule has 1 aromatic rings. The van der Waals surface area contributed by atoms with Gasteiger partial charge in [0, 0.05) is 43.8 Å². The Kier molecular flexibility index (Phi) is 5.46. The second kappa shape index (κ2) is 7.43. The largest absolute Gasteiger partial charge is 0.333 e. The molecule has 7 heteroatoms. The third kappa shape index (κ3) is 3.73. The molecule has 25 heavy (non-hydrogen) atoms. The van der Waals surface area contributed by atoms with Gasteiger partial charge < -0.3 is 10.2 Å². The molecule has 2 aliphatic rings. The molecule has 2 heterocycles. The minimum absolute atomic E-state index is 0.00583. The van der Waals surface area contributed by atoms with Crippen LogP contribution in [0.3, 0.4) is 0 Å². The molecular formula is C18H27N3O3S.